The summed E-state index contributed by atoms with van der Waals surface area (Å²) >= 11 is 0. The highest BCUT2D eigenvalue weighted by Gasteiger charge is 2.34. The second-order valence-corrected chi connectivity index (χ2v) is 7.17. The molecule has 1 aliphatic rings. The van der Waals surface area contributed by atoms with E-state index in [0.29, 0.717) is 18.4 Å². The van der Waals surface area contributed by atoms with E-state index >= 15 is 0 Å². The first-order chi connectivity index (χ1) is 12.0. The van der Waals surface area contributed by atoms with Crippen LogP contribution in [-0.2, 0) is 18.3 Å². The summed E-state index contributed by atoms with van der Waals surface area (Å²) in [5, 5.41) is 4.45. The first-order valence-corrected chi connectivity index (χ1v) is 9.36. The zero-order chi connectivity index (χ0) is 18.0. The van der Waals surface area contributed by atoms with Crippen molar-refractivity contribution in [2.75, 3.05) is 6.54 Å². The van der Waals surface area contributed by atoms with E-state index in [-0.39, 0.29) is 5.91 Å². The molecule has 2 aromatic rings. The van der Waals surface area contributed by atoms with Gasteiger partial charge in [-0.1, -0.05) is 37.3 Å². The molecule has 1 aromatic heterocycles. The van der Waals surface area contributed by atoms with Gasteiger partial charge in [-0.2, -0.15) is 5.10 Å². The van der Waals surface area contributed by atoms with E-state index in [4.69, 9.17) is 0 Å². The average Bonchev–Trinajstić information content (AvgIpc) is 3.17. The molecule has 0 saturated carbocycles. The lowest BCUT2D eigenvalue weighted by molar-refractivity contribution is -0.131. The molecule has 134 valence electrons. The fraction of sp³-hybridized carbons (Fsp3) is 0.524. The van der Waals surface area contributed by atoms with Gasteiger partial charge in [-0.05, 0) is 38.7 Å². The van der Waals surface area contributed by atoms with E-state index in [1.165, 1.54) is 5.56 Å². The van der Waals surface area contributed by atoms with Crippen molar-refractivity contribution in [1.29, 1.82) is 0 Å². The normalized spacial score (nSPS) is 18.6. The van der Waals surface area contributed by atoms with Crippen molar-refractivity contribution in [3.63, 3.8) is 0 Å². The molecule has 2 atom stereocenters. The van der Waals surface area contributed by atoms with Gasteiger partial charge in [-0.15, -0.1) is 0 Å². The van der Waals surface area contributed by atoms with Gasteiger partial charge in [0.2, 0.25) is 5.91 Å². The fourth-order valence-corrected chi connectivity index (χ4v) is 4.28. The van der Waals surface area contributed by atoms with Crippen LogP contribution >= 0.6 is 0 Å². The van der Waals surface area contributed by atoms with Crippen LogP contribution in [0.2, 0.25) is 0 Å². The summed E-state index contributed by atoms with van der Waals surface area (Å²) in [6, 6.07) is 11.0. The van der Waals surface area contributed by atoms with Crippen molar-refractivity contribution in [2.24, 2.45) is 7.05 Å². The third-order valence-corrected chi connectivity index (χ3v) is 5.74. The summed E-state index contributed by atoms with van der Waals surface area (Å²) in [6.07, 6.45) is 3.73. The Labute approximate surface area is 150 Å². The lowest BCUT2D eigenvalue weighted by atomic mass is 9.87. The van der Waals surface area contributed by atoms with E-state index < -0.39 is 0 Å². The quantitative estimate of drug-likeness (QED) is 0.832. The smallest absolute Gasteiger partial charge is 0.227 e. The highest BCUT2D eigenvalue weighted by molar-refractivity contribution is 5.80. The standard InChI is InChI=1S/C21H29N3O/c1-5-18(17-10-7-6-8-11-17)20-12-9-13-24(20)21(25)14-19-15(2)22-23(4)16(19)3/h6-8,10-11,18,20H,5,9,12-14H2,1-4H3/t18-,20+/m1/s1. The maximum Gasteiger partial charge on any atom is 0.227 e. The molecular weight excluding hydrogens is 310 g/mol. The average molecular weight is 339 g/mol. The van der Waals surface area contributed by atoms with Crippen LogP contribution in [0.15, 0.2) is 30.3 Å². The molecule has 1 fully saturated rings. The Kier molecular flexibility index (Phi) is 5.26. The first-order valence-electron chi connectivity index (χ1n) is 9.36. The summed E-state index contributed by atoms with van der Waals surface area (Å²) in [6.45, 7) is 7.15. The minimum absolute atomic E-state index is 0.246. The van der Waals surface area contributed by atoms with Gasteiger partial charge < -0.3 is 4.90 Å². The van der Waals surface area contributed by atoms with Crippen LogP contribution in [0.1, 0.15) is 54.6 Å². The number of carbonyl (C=O) groups is 1. The highest BCUT2D eigenvalue weighted by atomic mass is 16.2. The number of aryl methyl sites for hydroxylation is 2. The van der Waals surface area contributed by atoms with Crippen molar-refractivity contribution in [3.8, 4) is 0 Å². The number of amides is 1. The molecule has 1 aliphatic heterocycles. The lowest BCUT2D eigenvalue weighted by Crippen LogP contribution is -2.40. The Morgan fingerprint density at radius 3 is 2.60 bits per heavy atom. The Balaban J connectivity index is 1.79. The van der Waals surface area contributed by atoms with E-state index in [9.17, 15) is 4.79 Å². The zero-order valence-corrected chi connectivity index (χ0v) is 15.8. The molecule has 0 radical (unpaired) electrons. The minimum Gasteiger partial charge on any atom is -0.339 e. The Bertz CT molecular complexity index is 735. The maximum atomic E-state index is 13.1. The van der Waals surface area contributed by atoms with Crippen LogP contribution in [0, 0.1) is 13.8 Å². The number of nitrogens with zero attached hydrogens (tertiary/aromatic N) is 3. The number of carbonyl (C=O) groups excluding carboxylic acids is 1. The maximum absolute atomic E-state index is 13.1. The Morgan fingerprint density at radius 2 is 2.00 bits per heavy atom. The van der Waals surface area contributed by atoms with Crippen molar-refractivity contribution in [2.45, 2.75) is 58.4 Å². The molecule has 1 saturated heterocycles. The highest BCUT2D eigenvalue weighted by Crippen LogP contribution is 2.34. The van der Waals surface area contributed by atoms with Crippen molar-refractivity contribution in [1.82, 2.24) is 14.7 Å². The van der Waals surface area contributed by atoms with Crippen LogP contribution in [0.3, 0.4) is 0 Å². The largest absolute Gasteiger partial charge is 0.339 e. The minimum atomic E-state index is 0.246. The van der Waals surface area contributed by atoms with Gasteiger partial charge >= 0.3 is 0 Å². The third-order valence-electron chi connectivity index (χ3n) is 5.74. The Morgan fingerprint density at radius 1 is 1.28 bits per heavy atom. The molecule has 4 nitrogen and oxygen atoms in total. The third kappa shape index (κ3) is 3.48. The summed E-state index contributed by atoms with van der Waals surface area (Å²) in [7, 11) is 1.94. The van der Waals surface area contributed by atoms with Gasteiger partial charge in [0.15, 0.2) is 0 Å². The number of benzene rings is 1. The van der Waals surface area contributed by atoms with E-state index in [0.717, 1.165) is 42.8 Å². The molecule has 0 N–H and O–H groups in total. The predicted molar refractivity (Wildman–Crippen MR) is 101 cm³/mol. The number of likely N-dealkylation sites (tertiary alicyclic amines) is 1. The van der Waals surface area contributed by atoms with Crippen LogP contribution in [-0.4, -0.2) is 33.2 Å². The van der Waals surface area contributed by atoms with Crippen molar-refractivity contribution < 1.29 is 4.79 Å². The van der Waals surface area contributed by atoms with E-state index in [2.05, 4.69) is 47.3 Å². The molecule has 4 heteroatoms. The molecule has 0 bridgehead atoms. The van der Waals surface area contributed by atoms with E-state index in [1.807, 2.05) is 25.6 Å². The molecule has 0 unspecified atom stereocenters. The number of aromatic nitrogens is 2. The molecule has 0 aliphatic carbocycles. The lowest BCUT2D eigenvalue weighted by Gasteiger charge is -2.32. The Hall–Kier alpha value is -2.10. The van der Waals surface area contributed by atoms with Gasteiger partial charge in [0, 0.05) is 36.8 Å². The molecular formula is C21H29N3O. The number of rotatable bonds is 5. The van der Waals surface area contributed by atoms with Crippen LogP contribution in [0.25, 0.3) is 0 Å². The second kappa shape index (κ2) is 7.42. The van der Waals surface area contributed by atoms with Crippen LogP contribution < -0.4 is 0 Å². The summed E-state index contributed by atoms with van der Waals surface area (Å²) < 4.78 is 1.87. The van der Waals surface area contributed by atoms with Crippen LogP contribution in [0.4, 0.5) is 0 Å². The molecule has 1 amide bonds. The van der Waals surface area contributed by atoms with Gasteiger partial charge in [0.05, 0.1) is 12.1 Å². The van der Waals surface area contributed by atoms with E-state index in [1.54, 1.807) is 0 Å². The molecule has 1 aromatic carbocycles. The number of hydrogen-bond acceptors (Lipinski definition) is 2. The van der Waals surface area contributed by atoms with Gasteiger partial charge in [-0.3, -0.25) is 9.48 Å². The number of hydrogen-bond donors (Lipinski definition) is 0. The van der Waals surface area contributed by atoms with Gasteiger partial charge in [-0.25, -0.2) is 0 Å². The van der Waals surface area contributed by atoms with Gasteiger partial charge in [0.1, 0.15) is 0 Å². The topological polar surface area (TPSA) is 38.1 Å². The monoisotopic (exact) mass is 339 g/mol. The van der Waals surface area contributed by atoms with Crippen molar-refractivity contribution >= 4 is 5.91 Å². The molecule has 2 heterocycles. The first kappa shape index (κ1) is 17.7. The summed E-state index contributed by atoms with van der Waals surface area (Å²) in [5.41, 5.74) is 4.50. The molecule has 25 heavy (non-hydrogen) atoms. The zero-order valence-electron chi connectivity index (χ0n) is 15.8. The summed E-state index contributed by atoms with van der Waals surface area (Å²) in [5.74, 6) is 0.667. The van der Waals surface area contributed by atoms with Crippen LogP contribution in [0.5, 0.6) is 0 Å². The molecule has 3 rings (SSSR count). The predicted octanol–water partition coefficient (Wildman–Crippen LogP) is 3.76. The SMILES string of the molecule is CC[C@H](c1ccccc1)[C@@H]1CCCN1C(=O)Cc1c(C)nn(C)c1C. The molecule has 0 spiro atoms. The van der Waals surface area contributed by atoms with Gasteiger partial charge in [0.25, 0.3) is 0 Å². The van der Waals surface area contributed by atoms with Crippen molar-refractivity contribution in [3.05, 3.63) is 52.8 Å². The second-order valence-electron chi connectivity index (χ2n) is 7.17. The fourth-order valence-electron chi connectivity index (χ4n) is 4.28. The summed E-state index contributed by atoms with van der Waals surface area (Å²) in [4.78, 5) is 15.2.